The summed E-state index contributed by atoms with van der Waals surface area (Å²) in [7, 11) is 0. The second kappa shape index (κ2) is 12.9. The topological polar surface area (TPSA) is 65.5 Å². The highest BCUT2D eigenvalue weighted by Crippen LogP contribution is 1.98. The van der Waals surface area contributed by atoms with Crippen molar-refractivity contribution >= 4 is 35.8 Å². The zero-order valence-corrected chi connectivity index (χ0v) is 14.2. The summed E-state index contributed by atoms with van der Waals surface area (Å²) in [5, 5.41) is 9.08. The number of carbonyl (C=O) groups is 1. The van der Waals surface area contributed by atoms with Crippen molar-refractivity contribution < 1.29 is 4.79 Å². The van der Waals surface area contributed by atoms with E-state index in [1.54, 1.807) is 0 Å². The van der Waals surface area contributed by atoms with Gasteiger partial charge in [-0.2, -0.15) is 0 Å². The Labute approximate surface area is 128 Å². The van der Waals surface area contributed by atoms with Gasteiger partial charge >= 0.3 is 0 Å². The quantitative estimate of drug-likeness (QED) is 0.274. The minimum Gasteiger partial charge on any atom is -0.357 e. The number of hydrogen-bond donors (Lipinski definition) is 3. The molecule has 0 bridgehead atoms. The van der Waals surface area contributed by atoms with Gasteiger partial charge in [0, 0.05) is 33.1 Å². The number of nitrogens with zero attached hydrogens (tertiary/aromatic N) is 1. The molecule has 0 aromatic carbocycles. The normalized spacial score (nSPS) is 10.8. The van der Waals surface area contributed by atoms with Gasteiger partial charge in [-0.25, -0.2) is 0 Å². The molecule has 18 heavy (non-hydrogen) atoms. The van der Waals surface area contributed by atoms with Crippen LogP contribution in [0, 0.1) is 5.92 Å². The molecule has 0 saturated carbocycles. The summed E-state index contributed by atoms with van der Waals surface area (Å²) in [5.41, 5.74) is 0. The summed E-state index contributed by atoms with van der Waals surface area (Å²) < 4.78 is 0. The molecule has 0 atom stereocenters. The molecule has 0 spiro atoms. The molecule has 5 nitrogen and oxygen atoms in total. The van der Waals surface area contributed by atoms with Crippen LogP contribution in [0.25, 0.3) is 0 Å². The third-order valence-electron chi connectivity index (χ3n) is 2.11. The molecule has 0 unspecified atom stereocenters. The van der Waals surface area contributed by atoms with Crippen molar-refractivity contribution in [3.63, 3.8) is 0 Å². The number of guanidine groups is 1. The number of nitrogens with one attached hydrogen (secondary N) is 3. The molecule has 3 N–H and O–H groups in total. The lowest BCUT2D eigenvalue weighted by molar-refractivity contribution is -0.118. The lowest BCUT2D eigenvalue weighted by Crippen LogP contribution is -2.41. The fourth-order valence-corrected chi connectivity index (χ4v) is 1.20. The molecule has 0 fully saturated rings. The molecule has 0 aliphatic carbocycles. The highest BCUT2D eigenvalue weighted by Gasteiger charge is 1.97. The highest BCUT2D eigenvalue weighted by atomic mass is 127. The van der Waals surface area contributed by atoms with Gasteiger partial charge in [0.25, 0.3) is 0 Å². The van der Waals surface area contributed by atoms with E-state index in [4.69, 9.17) is 0 Å². The summed E-state index contributed by atoms with van der Waals surface area (Å²) in [4.78, 5) is 15.1. The molecular weight excluding hydrogens is 343 g/mol. The van der Waals surface area contributed by atoms with Crippen LogP contribution >= 0.6 is 24.0 Å². The average molecular weight is 370 g/mol. The molecule has 6 heteroatoms. The van der Waals surface area contributed by atoms with Crippen LogP contribution in [0.3, 0.4) is 0 Å². The molecule has 0 aliphatic heterocycles. The van der Waals surface area contributed by atoms with Crippen molar-refractivity contribution in [2.75, 3.05) is 26.2 Å². The lowest BCUT2D eigenvalue weighted by atomic mass is 10.1. The van der Waals surface area contributed by atoms with Crippen molar-refractivity contribution in [2.45, 2.75) is 34.1 Å². The summed E-state index contributed by atoms with van der Waals surface area (Å²) in [6, 6.07) is 0. The Morgan fingerprint density at radius 2 is 1.78 bits per heavy atom. The zero-order chi connectivity index (χ0) is 13.1. The van der Waals surface area contributed by atoms with Crippen molar-refractivity contribution in [3.8, 4) is 0 Å². The van der Waals surface area contributed by atoms with E-state index in [0.717, 1.165) is 25.5 Å². The van der Waals surface area contributed by atoms with Crippen LogP contribution in [0.4, 0.5) is 0 Å². The van der Waals surface area contributed by atoms with Crippen molar-refractivity contribution in [1.82, 2.24) is 16.0 Å². The van der Waals surface area contributed by atoms with Gasteiger partial charge in [0.15, 0.2) is 5.96 Å². The molecule has 0 saturated heterocycles. The van der Waals surface area contributed by atoms with Crippen LogP contribution in [0.5, 0.6) is 0 Å². The number of carbonyl (C=O) groups excluding carboxylic acids is 1. The van der Waals surface area contributed by atoms with Gasteiger partial charge in [0.05, 0.1) is 0 Å². The summed E-state index contributed by atoms with van der Waals surface area (Å²) >= 11 is 0. The first-order chi connectivity index (χ1) is 8.06. The van der Waals surface area contributed by atoms with E-state index in [9.17, 15) is 4.79 Å². The van der Waals surface area contributed by atoms with Gasteiger partial charge in [-0.15, -0.1) is 24.0 Å². The maximum atomic E-state index is 10.7. The minimum atomic E-state index is -0.00597. The van der Waals surface area contributed by atoms with Gasteiger partial charge in [-0.1, -0.05) is 13.8 Å². The zero-order valence-electron chi connectivity index (χ0n) is 11.9. The number of aliphatic imine (C=N–C) groups is 1. The Morgan fingerprint density at radius 1 is 1.17 bits per heavy atom. The van der Waals surface area contributed by atoms with Crippen molar-refractivity contribution in [1.29, 1.82) is 0 Å². The molecule has 0 aromatic rings. The van der Waals surface area contributed by atoms with Crippen LogP contribution in [0.2, 0.25) is 0 Å². The third kappa shape index (κ3) is 13.5. The van der Waals surface area contributed by atoms with Crippen LogP contribution in [-0.4, -0.2) is 38.0 Å². The average Bonchev–Trinajstić information content (AvgIpc) is 2.23. The van der Waals surface area contributed by atoms with E-state index in [2.05, 4.69) is 34.8 Å². The van der Waals surface area contributed by atoms with E-state index in [1.165, 1.54) is 6.92 Å². The molecule has 0 aliphatic rings. The molecule has 0 aromatic heterocycles. The standard InChI is InChI=1S/C12H26N4O.HI/c1-5-13-12(15-7-6-10(2)3)16-9-8-14-11(4)17;/h10H,5-9H2,1-4H3,(H,14,17)(H2,13,15,16);1H. The van der Waals surface area contributed by atoms with E-state index >= 15 is 0 Å². The maximum Gasteiger partial charge on any atom is 0.216 e. The Balaban J connectivity index is 0. The first-order valence-electron chi connectivity index (χ1n) is 6.32. The fraction of sp³-hybridized carbons (Fsp3) is 0.833. The first kappa shape index (κ1) is 19.8. The first-order valence-corrected chi connectivity index (χ1v) is 6.32. The Kier molecular flexibility index (Phi) is 14.2. The van der Waals surface area contributed by atoms with Gasteiger partial charge < -0.3 is 16.0 Å². The molecule has 108 valence electrons. The lowest BCUT2D eigenvalue weighted by Gasteiger charge is -2.11. The number of amides is 1. The van der Waals surface area contributed by atoms with E-state index < -0.39 is 0 Å². The smallest absolute Gasteiger partial charge is 0.216 e. The Morgan fingerprint density at radius 3 is 2.28 bits per heavy atom. The Hall–Kier alpha value is -0.530. The predicted octanol–water partition coefficient (Wildman–Crippen LogP) is 1.34. The van der Waals surface area contributed by atoms with Gasteiger partial charge in [0.1, 0.15) is 0 Å². The van der Waals surface area contributed by atoms with Crippen LogP contribution in [0.1, 0.15) is 34.1 Å². The molecule has 0 radical (unpaired) electrons. The fourth-order valence-electron chi connectivity index (χ4n) is 1.20. The Bertz CT molecular complexity index is 244. The molecule has 0 rings (SSSR count). The van der Waals surface area contributed by atoms with E-state index in [0.29, 0.717) is 19.0 Å². The number of halogens is 1. The minimum absolute atomic E-state index is 0. The van der Waals surface area contributed by atoms with Gasteiger partial charge in [-0.05, 0) is 19.3 Å². The summed E-state index contributed by atoms with van der Waals surface area (Å²) in [6.45, 7) is 10.9. The molecule has 0 heterocycles. The van der Waals surface area contributed by atoms with Gasteiger partial charge in [-0.3, -0.25) is 9.79 Å². The SMILES string of the molecule is CCNC(=NCCC(C)C)NCCNC(C)=O.I. The second-order valence-electron chi connectivity index (χ2n) is 4.35. The van der Waals surface area contributed by atoms with Crippen LogP contribution < -0.4 is 16.0 Å². The second-order valence-corrected chi connectivity index (χ2v) is 4.35. The molecular formula is C12H27IN4O. The van der Waals surface area contributed by atoms with Gasteiger partial charge in [0.2, 0.25) is 5.91 Å². The number of rotatable bonds is 7. The largest absolute Gasteiger partial charge is 0.357 e. The van der Waals surface area contributed by atoms with Crippen molar-refractivity contribution in [2.24, 2.45) is 10.9 Å². The summed E-state index contributed by atoms with van der Waals surface area (Å²) in [6.07, 6.45) is 1.09. The molecule has 1 amide bonds. The van der Waals surface area contributed by atoms with Crippen LogP contribution in [-0.2, 0) is 4.79 Å². The highest BCUT2D eigenvalue weighted by molar-refractivity contribution is 14.0. The summed E-state index contributed by atoms with van der Waals surface area (Å²) in [5.74, 6) is 1.48. The van der Waals surface area contributed by atoms with E-state index in [-0.39, 0.29) is 29.9 Å². The number of hydrogen-bond acceptors (Lipinski definition) is 2. The van der Waals surface area contributed by atoms with Crippen molar-refractivity contribution in [3.05, 3.63) is 0 Å². The maximum absolute atomic E-state index is 10.7. The van der Waals surface area contributed by atoms with E-state index in [1.807, 2.05) is 6.92 Å². The monoisotopic (exact) mass is 370 g/mol. The third-order valence-corrected chi connectivity index (χ3v) is 2.11. The van der Waals surface area contributed by atoms with Crippen LogP contribution in [0.15, 0.2) is 4.99 Å². The predicted molar refractivity (Wildman–Crippen MR) is 87.5 cm³/mol.